The minimum Gasteiger partial charge on any atom is -0.272 e. The van der Waals surface area contributed by atoms with Gasteiger partial charge in [-0.2, -0.15) is 5.10 Å². The molecule has 0 unspecified atom stereocenters. The molecule has 0 saturated heterocycles. The van der Waals surface area contributed by atoms with Crippen LogP contribution in [0.1, 0.15) is 17.0 Å². The lowest BCUT2D eigenvalue weighted by molar-refractivity contribution is -0.118. The third-order valence-corrected chi connectivity index (χ3v) is 5.34. The van der Waals surface area contributed by atoms with E-state index in [-0.39, 0.29) is 11.7 Å². The SMILES string of the molecule is Cc1cc(C)nc(SCC(=O)NN=Cc2c3ccccc3cc3ccccc23)n1. The van der Waals surface area contributed by atoms with E-state index in [9.17, 15) is 4.79 Å². The largest absolute Gasteiger partial charge is 0.272 e. The monoisotopic (exact) mass is 400 g/mol. The van der Waals surface area contributed by atoms with Gasteiger partial charge in [0.25, 0.3) is 5.91 Å². The third kappa shape index (κ3) is 4.43. The second-order valence-electron chi connectivity index (χ2n) is 6.75. The van der Waals surface area contributed by atoms with Crippen molar-refractivity contribution in [2.45, 2.75) is 19.0 Å². The zero-order chi connectivity index (χ0) is 20.2. The molecule has 0 aliphatic heterocycles. The molecule has 0 atom stereocenters. The molecule has 5 nitrogen and oxygen atoms in total. The minimum absolute atomic E-state index is 0.196. The molecule has 0 spiro atoms. The van der Waals surface area contributed by atoms with E-state index < -0.39 is 0 Å². The molecule has 4 rings (SSSR count). The summed E-state index contributed by atoms with van der Waals surface area (Å²) < 4.78 is 0. The molecule has 0 aliphatic rings. The van der Waals surface area contributed by atoms with E-state index in [1.807, 2.05) is 44.2 Å². The summed E-state index contributed by atoms with van der Waals surface area (Å²) in [7, 11) is 0. The predicted molar refractivity (Wildman–Crippen MR) is 119 cm³/mol. The molecule has 0 saturated carbocycles. The van der Waals surface area contributed by atoms with Gasteiger partial charge in [0.1, 0.15) is 0 Å². The maximum atomic E-state index is 12.2. The van der Waals surface area contributed by atoms with E-state index >= 15 is 0 Å². The first kappa shape index (κ1) is 19.1. The summed E-state index contributed by atoms with van der Waals surface area (Å²) in [6, 6.07) is 20.4. The number of rotatable bonds is 5. The molecular weight excluding hydrogens is 380 g/mol. The molecule has 0 bridgehead atoms. The first-order chi connectivity index (χ1) is 14.1. The Hall–Kier alpha value is -3.25. The quantitative estimate of drug-likeness (QED) is 0.174. The van der Waals surface area contributed by atoms with Crippen LogP contribution >= 0.6 is 11.8 Å². The summed E-state index contributed by atoms with van der Waals surface area (Å²) in [4.78, 5) is 20.9. The molecule has 1 N–H and O–H groups in total. The number of nitrogens with one attached hydrogen (secondary N) is 1. The van der Waals surface area contributed by atoms with Crippen molar-refractivity contribution in [1.82, 2.24) is 15.4 Å². The third-order valence-electron chi connectivity index (χ3n) is 4.49. The molecule has 1 amide bonds. The lowest BCUT2D eigenvalue weighted by Crippen LogP contribution is -2.19. The normalized spacial score (nSPS) is 11.4. The summed E-state index contributed by atoms with van der Waals surface area (Å²) in [6.07, 6.45) is 1.72. The van der Waals surface area contributed by atoms with Gasteiger partial charge in [-0.3, -0.25) is 4.79 Å². The Kier molecular flexibility index (Phi) is 5.53. The number of hydrazone groups is 1. The van der Waals surface area contributed by atoms with E-state index in [0.717, 1.165) is 38.5 Å². The van der Waals surface area contributed by atoms with Crippen molar-refractivity contribution in [2.75, 3.05) is 5.75 Å². The number of amides is 1. The number of thioether (sulfide) groups is 1. The van der Waals surface area contributed by atoms with Crippen molar-refractivity contribution in [1.29, 1.82) is 0 Å². The number of hydrogen-bond donors (Lipinski definition) is 1. The van der Waals surface area contributed by atoms with Gasteiger partial charge < -0.3 is 0 Å². The van der Waals surface area contributed by atoms with Gasteiger partial charge in [0, 0.05) is 17.0 Å². The molecule has 4 aromatic rings. The van der Waals surface area contributed by atoms with Crippen LogP contribution in [0.3, 0.4) is 0 Å². The van der Waals surface area contributed by atoms with Gasteiger partial charge in [-0.15, -0.1) is 0 Å². The molecule has 0 aliphatic carbocycles. The highest BCUT2D eigenvalue weighted by molar-refractivity contribution is 7.99. The summed E-state index contributed by atoms with van der Waals surface area (Å²) in [6.45, 7) is 3.83. The van der Waals surface area contributed by atoms with Gasteiger partial charge in [-0.1, -0.05) is 60.3 Å². The van der Waals surface area contributed by atoms with Gasteiger partial charge in [0.15, 0.2) is 5.16 Å². The van der Waals surface area contributed by atoms with Crippen LogP contribution in [0.2, 0.25) is 0 Å². The Bertz CT molecular complexity index is 1160. The van der Waals surface area contributed by atoms with Crippen LogP contribution in [0.4, 0.5) is 0 Å². The fourth-order valence-electron chi connectivity index (χ4n) is 3.28. The molecular formula is C23H20N4OS. The second-order valence-corrected chi connectivity index (χ2v) is 7.69. The van der Waals surface area contributed by atoms with Crippen molar-refractivity contribution in [3.63, 3.8) is 0 Å². The Morgan fingerprint density at radius 1 is 0.966 bits per heavy atom. The lowest BCUT2D eigenvalue weighted by atomic mass is 9.97. The van der Waals surface area contributed by atoms with Crippen molar-refractivity contribution in [3.8, 4) is 0 Å². The summed E-state index contributed by atoms with van der Waals surface area (Å²) in [5.74, 6) is 0.00909. The highest BCUT2D eigenvalue weighted by Crippen LogP contribution is 2.27. The van der Waals surface area contributed by atoms with Crippen LogP contribution in [0, 0.1) is 13.8 Å². The lowest BCUT2D eigenvalue weighted by Gasteiger charge is -2.08. The summed E-state index contributed by atoms with van der Waals surface area (Å²) in [5.41, 5.74) is 5.38. The van der Waals surface area contributed by atoms with Crippen LogP contribution in [0.25, 0.3) is 21.5 Å². The number of fused-ring (bicyclic) bond motifs is 2. The molecule has 0 radical (unpaired) electrons. The van der Waals surface area contributed by atoms with E-state index in [1.54, 1.807) is 6.21 Å². The second kappa shape index (κ2) is 8.41. The average Bonchev–Trinajstić information content (AvgIpc) is 2.71. The van der Waals surface area contributed by atoms with Crippen molar-refractivity contribution >= 4 is 45.4 Å². The fraction of sp³-hybridized carbons (Fsp3) is 0.130. The smallest absolute Gasteiger partial charge is 0.250 e. The molecule has 1 aromatic heterocycles. The Morgan fingerprint density at radius 3 is 2.17 bits per heavy atom. The summed E-state index contributed by atoms with van der Waals surface area (Å²) in [5, 5.41) is 9.29. The van der Waals surface area contributed by atoms with Gasteiger partial charge in [0.2, 0.25) is 0 Å². The number of aromatic nitrogens is 2. The van der Waals surface area contributed by atoms with E-state index in [2.05, 4.69) is 50.8 Å². The Morgan fingerprint density at radius 2 is 1.55 bits per heavy atom. The van der Waals surface area contributed by atoms with Crippen LogP contribution in [0.5, 0.6) is 0 Å². The highest BCUT2D eigenvalue weighted by atomic mass is 32.2. The zero-order valence-corrected chi connectivity index (χ0v) is 17.0. The molecule has 6 heteroatoms. The maximum Gasteiger partial charge on any atom is 0.250 e. The predicted octanol–water partition coefficient (Wildman–Crippen LogP) is 4.64. The Labute approximate surface area is 173 Å². The number of nitrogens with zero attached hydrogens (tertiary/aromatic N) is 3. The van der Waals surface area contributed by atoms with Gasteiger partial charge in [-0.05, 0) is 47.5 Å². The van der Waals surface area contributed by atoms with Gasteiger partial charge >= 0.3 is 0 Å². The van der Waals surface area contributed by atoms with Gasteiger partial charge in [-0.25, -0.2) is 15.4 Å². The molecule has 144 valence electrons. The number of aryl methyl sites for hydroxylation is 2. The van der Waals surface area contributed by atoms with E-state index in [0.29, 0.717) is 5.16 Å². The number of benzene rings is 3. The van der Waals surface area contributed by atoms with Crippen molar-refractivity contribution in [3.05, 3.63) is 77.6 Å². The van der Waals surface area contributed by atoms with Crippen LogP contribution in [-0.4, -0.2) is 27.8 Å². The minimum atomic E-state index is -0.196. The first-order valence-corrected chi connectivity index (χ1v) is 10.3. The fourth-order valence-corrected chi connectivity index (χ4v) is 4.02. The number of carbonyl (C=O) groups is 1. The van der Waals surface area contributed by atoms with E-state index in [4.69, 9.17) is 0 Å². The molecule has 0 fully saturated rings. The standard InChI is InChI=1S/C23H20N4OS/c1-15-11-16(2)26-23(25-15)29-14-22(28)27-24-13-21-19-9-5-3-7-17(19)12-18-8-4-6-10-20(18)21/h3-13H,14H2,1-2H3,(H,27,28). The first-order valence-electron chi connectivity index (χ1n) is 9.27. The highest BCUT2D eigenvalue weighted by Gasteiger charge is 2.07. The average molecular weight is 401 g/mol. The van der Waals surface area contributed by atoms with Crippen LogP contribution < -0.4 is 5.43 Å². The van der Waals surface area contributed by atoms with Crippen molar-refractivity contribution < 1.29 is 4.79 Å². The van der Waals surface area contributed by atoms with Crippen LogP contribution in [0.15, 0.2) is 70.9 Å². The van der Waals surface area contributed by atoms with E-state index in [1.165, 1.54) is 11.8 Å². The maximum absolute atomic E-state index is 12.2. The Balaban J connectivity index is 1.51. The number of hydrogen-bond acceptors (Lipinski definition) is 5. The van der Waals surface area contributed by atoms with Crippen LogP contribution in [-0.2, 0) is 4.79 Å². The topological polar surface area (TPSA) is 67.2 Å². The zero-order valence-electron chi connectivity index (χ0n) is 16.2. The molecule has 29 heavy (non-hydrogen) atoms. The number of carbonyl (C=O) groups excluding carboxylic acids is 1. The van der Waals surface area contributed by atoms with Crippen molar-refractivity contribution in [2.24, 2.45) is 5.10 Å². The van der Waals surface area contributed by atoms with Gasteiger partial charge in [0.05, 0.1) is 12.0 Å². The summed E-state index contributed by atoms with van der Waals surface area (Å²) >= 11 is 1.30. The molecule has 3 aromatic carbocycles. The molecule has 1 heterocycles.